The van der Waals surface area contributed by atoms with Crippen LogP contribution in [0.2, 0.25) is 0 Å². The fourth-order valence-corrected chi connectivity index (χ4v) is 7.95. The highest BCUT2D eigenvalue weighted by atomic mass is 32.2. The Bertz CT molecular complexity index is 1670. The van der Waals surface area contributed by atoms with E-state index in [-0.39, 0.29) is 38.6 Å². The smallest absolute Gasteiger partial charge is 0.312 e. The number of rotatable bonds is 5. The molecule has 0 saturated carbocycles. The normalized spacial score (nSPS) is 15.8. The average molecular weight is 608 g/mol. The quantitative estimate of drug-likeness (QED) is 0.403. The largest absolute Gasteiger partial charge is 0.489 e. The molecule has 3 aromatic carbocycles. The van der Waals surface area contributed by atoms with E-state index in [1.165, 1.54) is 21.3 Å². The van der Waals surface area contributed by atoms with Gasteiger partial charge in [0.05, 0.1) is 4.90 Å². The lowest BCUT2D eigenvalue weighted by molar-refractivity contribution is -0.153. The summed E-state index contributed by atoms with van der Waals surface area (Å²) in [4.78, 5) is 29.7. The van der Waals surface area contributed by atoms with Crippen LogP contribution in [0.15, 0.2) is 47.4 Å². The van der Waals surface area contributed by atoms with Crippen LogP contribution in [-0.2, 0) is 39.2 Å². The van der Waals surface area contributed by atoms with E-state index in [9.17, 15) is 22.4 Å². The highest BCUT2D eigenvalue weighted by molar-refractivity contribution is 7.89. The van der Waals surface area contributed by atoms with E-state index < -0.39 is 21.8 Å². The van der Waals surface area contributed by atoms with Crippen molar-refractivity contribution in [2.24, 2.45) is 0 Å². The molecule has 2 aliphatic rings. The van der Waals surface area contributed by atoms with Crippen molar-refractivity contribution in [2.75, 3.05) is 32.7 Å². The van der Waals surface area contributed by atoms with Crippen LogP contribution in [0.25, 0.3) is 0 Å². The molecule has 3 aromatic rings. The van der Waals surface area contributed by atoms with Crippen molar-refractivity contribution in [3.05, 3.63) is 92.8 Å². The molecule has 0 unspecified atom stereocenters. The second kappa shape index (κ2) is 12.1. The lowest BCUT2D eigenvalue weighted by atomic mass is 9.95. The zero-order valence-corrected chi connectivity index (χ0v) is 26.2. The number of hydrogen-bond donors (Lipinski definition) is 0. The second-order valence-corrected chi connectivity index (χ2v) is 13.4. The molecule has 0 atom stereocenters. The van der Waals surface area contributed by atoms with Gasteiger partial charge in [0.1, 0.15) is 18.2 Å². The predicted molar refractivity (Wildman–Crippen MR) is 162 cm³/mol. The van der Waals surface area contributed by atoms with E-state index in [0.29, 0.717) is 30.2 Å². The van der Waals surface area contributed by atoms with Crippen molar-refractivity contribution in [3.63, 3.8) is 0 Å². The molecule has 0 spiro atoms. The minimum Gasteiger partial charge on any atom is -0.489 e. The Morgan fingerprint density at radius 2 is 1.40 bits per heavy atom. The van der Waals surface area contributed by atoms with Crippen molar-refractivity contribution in [1.29, 1.82) is 0 Å². The molecule has 228 valence electrons. The van der Waals surface area contributed by atoms with Gasteiger partial charge in [-0.15, -0.1) is 0 Å². The van der Waals surface area contributed by atoms with E-state index in [1.54, 1.807) is 17.0 Å². The van der Waals surface area contributed by atoms with Gasteiger partial charge in [-0.3, -0.25) is 9.59 Å². The van der Waals surface area contributed by atoms with Gasteiger partial charge in [-0.25, -0.2) is 12.8 Å². The number of nitrogens with zero attached hydrogens (tertiary/aromatic N) is 3. The number of amides is 2. The summed E-state index contributed by atoms with van der Waals surface area (Å²) in [6, 6.07) is 11.9. The minimum absolute atomic E-state index is 0.132. The number of sulfonamides is 1. The van der Waals surface area contributed by atoms with Crippen LogP contribution >= 0.6 is 0 Å². The van der Waals surface area contributed by atoms with E-state index in [4.69, 9.17) is 4.74 Å². The highest BCUT2D eigenvalue weighted by Crippen LogP contribution is 2.32. The first kappa shape index (κ1) is 30.7. The maximum atomic E-state index is 13.7. The third-order valence-corrected chi connectivity index (χ3v) is 11.2. The lowest BCUT2D eigenvalue weighted by Gasteiger charge is -2.36. The maximum Gasteiger partial charge on any atom is 0.312 e. The van der Waals surface area contributed by atoms with Crippen molar-refractivity contribution in [3.8, 4) is 5.75 Å². The second-order valence-electron chi connectivity index (χ2n) is 11.5. The highest BCUT2D eigenvalue weighted by Gasteiger charge is 2.36. The Hall–Kier alpha value is -3.76. The molecule has 0 aliphatic carbocycles. The number of hydrogen-bond acceptors (Lipinski definition) is 5. The average Bonchev–Trinajstić information content (AvgIpc) is 3.01. The van der Waals surface area contributed by atoms with Gasteiger partial charge in [-0.05, 0) is 110 Å². The third-order valence-electron chi connectivity index (χ3n) is 9.01. The molecule has 2 heterocycles. The van der Waals surface area contributed by atoms with Gasteiger partial charge in [0.25, 0.3) is 0 Å². The molecule has 5 rings (SSSR count). The fourth-order valence-electron chi connectivity index (χ4n) is 5.97. The standard InChI is InChI=1S/C33H38FN3O5S/c1-21-22(2)24(4)31(25(5)23(21)3)43(40,41)37-15-13-35(14-16-37)32(38)33(39)36-12-11-27-18-30(10-9-28(27)19-36)42-20-26-7-6-8-29(34)17-26/h6-10,17-18H,11-16,19-20H2,1-5H3. The van der Waals surface area contributed by atoms with Crippen LogP contribution in [0.5, 0.6) is 5.75 Å². The monoisotopic (exact) mass is 607 g/mol. The van der Waals surface area contributed by atoms with Crippen LogP contribution in [-0.4, -0.2) is 67.1 Å². The van der Waals surface area contributed by atoms with Crippen LogP contribution in [0.1, 0.15) is 44.5 Å². The molecule has 10 heteroatoms. The molecule has 1 saturated heterocycles. The Morgan fingerprint density at radius 1 is 0.767 bits per heavy atom. The topological polar surface area (TPSA) is 87.2 Å². The molecule has 0 aromatic heterocycles. The van der Waals surface area contributed by atoms with Gasteiger partial charge in [0, 0.05) is 39.3 Å². The molecular weight excluding hydrogens is 569 g/mol. The van der Waals surface area contributed by atoms with Crippen molar-refractivity contribution >= 4 is 21.8 Å². The number of fused-ring (bicyclic) bond motifs is 1. The molecule has 43 heavy (non-hydrogen) atoms. The Kier molecular flexibility index (Phi) is 8.63. The van der Waals surface area contributed by atoms with Crippen LogP contribution in [0, 0.1) is 40.4 Å². The van der Waals surface area contributed by atoms with Crippen molar-refractivity contribution in [1.82, 2.24) is 14.1 Å². The van der Waals surface area contributed by atoms with E-state index in [0.717, 1.165) is 44.5 Å². The minimum atomic E-state index is -3.76. The number of ether oxygens (including phenoxy) is 1. The summed E-state index contributed by atoms with van der Waals surface area (Å²) in [6.07, 6.45) is 0.575. The first-order valence-corrected chi connectivity index (χ1v) is 16.0. The van der Waals surface area contributed by atoms with E-state index >= 15 is 0 Å². The molecule has 0 N–H and O–H groups in total. The van der Waals surface area contributed by atoms with Gasteiger partial charge in [0.15, 0.2) is 0 Å². The predicted octanol–water partition coefficient (Wildman–Crippen LogP) is 4.36. The summed E-state index contributed by atoms with van der Waals surface area (Å²) in [5.41, 5.74) is 7.26. The molecule has 2 amide bonds. The lowest BCUT2D eigenvalue weighted by Crippen LogP contribution is -2.54. The first-order chi connectivity index (χ1) is 20.4. The van der Waals surface area contributed by atoms with Crippen LogP contribution < -0.4 is 4.74 Å². The molecule has 8 nitrogen and oxygen atoms in total. The van der Waals surface area contributed by atoms with E-state index in [2.05, 4.69) is 0 Å². The van der Waals surface area contributed by atoms with Gasteiger partial charge < -0.3 is 14.5 Å². The summed E-state index contributed by atoms with van der Waals surface area (Å²) < 4.78 is 48.1. The molecule has 2 aliphatic heterocycles. The number of carbonyl (C=O) groups excluding carboxylic acids is 2. The number of halogens is 1. The zero-order chi connectivity index (χ0) is 31.1. The summed E-state index contributed by atoms with van der Waals surface area (Å²) in [5.74, 6) is -0.835. The SMILES string of the molecule is Cc1c(C)c(C)c(S(=O)(=O)N2CCN(C(=O)C(=O)N3CCc4cc(OCc5cccc(F)c5)ccc4C3)CC2)c(C)c1C. The van der Waals surface area contributed by atoms with Crippen LogP contribution in [0.3, 0.4) is 0 Å². The van der Waals surface area contributed by atoms with Gasteiger partial charge in [-0.1, -0.05) is 18.2 Å². The number of benzene rings is 3. The number of carbonyl (C=O) groups is 2. The van der Waals surface area contributed by atoms with E-state index in [1.807, 2.05) is 52.8 Å². The molecule has 0 bridgehead atoms. The summed E-state index contributed by atoms with van der Waals surface area (Å²) >= 11 is 0. The van der Waals surface area contributed by atoms with Crippen molar-refractivity contribution in [2.45, 2.75) is 59.1 Å². The Labute approximate surface area is 253 Å². The molecule has 1 fully saturated rings. The van der Waals surface area contributed by atoms with Crippen molar-refractivity contribution < 1.29 is 27.1 Å². The number of piperazine rings is 1. The summed E-state index contributed by atoms with van der Waals surface area (Å²) in [7, 11) is -3.76. The van der Waals surface area contributed by atoms with Gasteiger partial charge >= 0.3 is 11.8 Å². The Morgan fingerprint density at radius 3 is 2.05 bits per heavy atom. The molecule has 0 radical (unpaired) electrons. The van der Waals surface area contributed by atoms with Gasteiger partial charge in [-0.2, -0.15) is 4.31 Å². The fraction of sp³-hybridized carbons (Fsp3) is 0.394. The Balaban J connectivity index is 1.19. The summed E-state index contributed by atoms with van der Waals surface area (Å²) in [5, 5.41) is 0. The zero-order valence-electron chi connectivity index (χ0n) is 25.4. The maximum absolute atomic E-state index is 13.7. The van der Waals surface area contributed by atoms with Gasteiger partial charge in [0.2, 0.25) is 10.0 Å². The van der Waals surface area contributed by atoms with Crippen LogP contribution in [0.4, 0.5) is 4.39 Å². The summed E-state index contributed by atoms with van der Waals surface area (Å²) in [6.45, 7) is 11.1. The third kappa shape index (κ3) is 6.03. The molecular formula is C33H38FN3O5S. The first-order valence-electron chi connectivity index (χ1n) is 14.5.